The van der Waals surface area contributed by atoms with Crippen LogP contribution in [-0.2, 0) is 13.0 Å². The smallest absolute Gasteiger partial charge is 0.318 e. The first-order valence-corrected chi connectivity index (χ1v) is 7.75. The number of nitrogens with zero attached hydrogens (tertiary/aromatic N) is 1. The Morgan fingerprint density at radius 3 is 3.10 bits per heavy atom. The molecule has 0 aromatic carbocycles. The molecule has 0 fully saturated rings. The molecular formula is C15H17BrN2O3. The monoisotopic (exact) mass is 352 g/mol. The van der Waals surface area contributed by atoms with E-state index in [0.717, 1.165) is 36.3 Å². The normalized spacial score (nSPS) is 17.3. The molecule has 1 aliphatic carbocycles. The lowest BCUT2D eigenvalue weighted by Gasteiger charge is -2.25. The fourth-order valence-corrected chi connectivity index (χ4v) is 2.98. The number of hydrogen-bond donors (Lipinski definition) is 1. The van der Waals surface area contributed by atoms with Crippen LogP contribution in [0.25, 0.3) is 0 Å². The van der Waals surface area contributed by atoms with Crippen LogP contribution >= 0.6 is 15.9 Å². The van der Waals surface area contributed by atoms with Crippen LogP contribution in [0.3, 0.4) is 0 Å². The first kappa shape index (κ1) is 14.3. The number of nitrogens with one attached hydrogen (secondary N) is 1. The third-order valence-corrected chi connectivity index (χ3v) is 4.14. The maximum absolute atomic E-state index is 12.3. The van der Waals surface area contributed by atoms with Crippen LogP contribution < -0.4 is 5.32 Å². The van der Waals surface area contributed by atoms with Crippen molar-refractivity contribution < 1.29 is 13.6 Å². The SMILES string of the molecule is CN(Cc1ccc(Br)o1)C(=O)NC1CCCc2occc21. The Hall–Kier alpha value is -1.69. The van der Waals surface area contributed by atoms with Gasteiger partial charge in [-0.2, -0.15) is 0 Å². The summed E-state index contributed by atoms with van der Waals surface area (Å²) in [5.74, 6) is 1.73. The molecule has 0 spiro atoms. The van der Waals surface area contributed by atoms with Gasteiger partial charge >= 0.3 is 6.03 Å². The summed E-state index contributed by atoms with van der Waals surface area (Å²) in [7, 11) is 1.75. The van der Waals surface area contributed by atoms with Gasteiger partial charge in [-0.25, -0.2) is 4.79 Å². The molecule has 6 heteroatoms. The first-order chi connectivity index (χ1) is 10.1. The summed E-state index contributed by atoms with van der Waals surface area (Å²) in [5, 5.41) is 3.06. The number of urea groups is 1. The summed E-state index contributed by atoms with van der Waals surface area (Å²) >= 11 is 3.26. The fraction of sp³-hybridized carbons (Fsp3) is 0.400. The molecule has 2 aromatic rings. The van der Waals surface area contributed by atoms with Crippen LogP contribution in [0.5, 0.6) is 0 Å². The number of halogens is 1. The summed E-state index contributed by atoms with van der Waals surface area (Å²) in [6.45, 7) is 0.433. The van der Waals surface area contributed by atoms with Crippen LogP contribution in [0.1, 0.15) is 36.0 Å². The predicted octanol–water partition coefficient (Wildman–Crippen LogP) is 3.85. The molecule has 2 amide bonds. The standard InChI is InChI=1S/C15H17BrN2O3/c1-18(9-10-5-6-14(16)21-10)15(19)17-12-3-2-4-13-11(12)7-8-20-13/h5-8,12H,2-4,9H2,1H3,(H,17,19). The summed E-state index contributed by atoms with van der Waals surface area (Å²) in [6.07, 6.45) is 4.61. The van der Waals surface area contributed by atoms with E-state index in [9.17, 15) is 4.79 Å². The van der Waals surface area contributed by atoms with Crippen molar-refractivity contribution in [2.24, 2.45) is 0 Å². The van der Waals surface area contributed by atoms with Crippen molar-refractivity contribution in [3.63, 3.8) is 0 Å². The van der Waals surface area contributed by atoms with Crippen LogP contribution in [0.2, 0.25) is 0 Å². The number of amides is 2. The Morgan fingerprint density at radius 2 is 2.33 bits per heavy atom. The third-order valence-electron chi connectivity index (χ3n) is 3.72. The largest absolute Gasteiger partial charge is 0.469 e. The van der Waals surface area contributed by atoms with Gasteiger partial charge in [0.2, 0.25) is 0 Å². The molecule has 0 saturated heterocycles. The van der Waals surface area contributed by atoms with E-state index in [4.69, 9.17) is 8.83 Å². The molecule has 0 radical (unpaired) electrons. The van der Waals surface area contributed by atoms with Crippen LogP contribution in [0.4, 0.5) is 4.79 Å². The number of rotatable bonds is 3. The average molecular weight is 353 g/mol. The minimum absolute atomic E-state index is 0.0331. The summed E-state index contributed by atoms with van der Waals surface area (Å²) in [5.41, 5.74) is 1.10. The van der Waals surface area contributed by atoms with Crippen LogP contribution in [0.15, 0.2) is 38.0 Å². The number of fused-ring (bicyclic) bond motifs is 1. The van der Waals surface area contributed by atoms with Crippen molar-refractivity contribution in [2.75, 3.05) is 7.05 Å². The summed E-state index contributed by atoms with van der Waals surface area (Å²) in [4.78, 5) is 13.9. The molecule has 1 aliphatic rings. The second-order valence-electron chi connectivity index (χ2n) is 5.26. The zero-order chi connectivity index (χ0) is 14.8. The number of furan rings is 2. The Bertz CT molecular complexity index is 634. The lowest BCUT2D eigenvalue weighted by Crippen LogP contribution is -2.39. The highest BCUT2D eigenvalue weighted by molar-refractivity contribution is 9.10. The second kappa shape index (κ2) is 5.97. The highest BCUT2D eigenvalue weighted by atomic mass is 79.9. The van der Waals surface area contributed by atoms with Crippen molar-refractivity contribution in [3.05, 3.63) is 46.2 Å². The van der Waals surface area contributed by atoms with E-state index in [-0.39, 0.29) is 12.1 Å². The van der Waals surface area contributed by atoms with Crippen molar-refractivity contribution in [1.29, 1.82) is 0 Å². The molecule has 2 heterocycles. The lowest BCUT2D eigenvalue weighted by molar-refractivity contribution is 0.197. The van der Waals surface area contributed by atoms with Crippen molar-refractivity contribution in [3.8, 4) is 0 Å². The zero-order valence-electron chi connectivity index (χ0n) is 11.8. The first-order valence-electron chi connectivity index (χ1n) is 6.95. The van der Waals surface area contributed by atoms with E-state index >= 15 is 0 Å². The van der Waals surface area contributed by atoms with E-state index in [2.05, 4.69) is 21.2 Å². The molecule has 1 atom stereocenters. The molecule has 2 aromatic heterocycles. The van der Waals surface area contributed by atoms with E-state index < -0.39 is 0 Å². The van der Waals surface area contributed by atoms with Gasteiger partial charge in [0.1, 0.15) is 11.5 Å². The number of carbonyl (C=O) groups excluding carboxylic acids is 1. The molecule has 1 unspecified atom stereocenters. The molecule has 1 N–H and O–H groups in total. The average Bonchev–Trinajstić information content (AvgIpc) is 3.08. The van der Waals surface area contributed by atoms with Gasteiger partial charge < -0.3 is 19.1 Å². The molecule has 0 bridgehead atoms. The topological polar surface area (TPSA) is 58.6 Å². The van der Waals surface area contributed by atoms with Crippen molar-refractivity contribution >= 4 is 22.0 Å². The van der Waals surface area contributed by atoms with Crippen LogP contribution in [0, 0.1) is 0 Å². The Kier molecular flexibility index (Phi) is 4.05. The molecule has 21 heavy (non-hydrogen) atoms. The van der Waals surface area contributed by atoms with Gasteiger partial charge in [-0.1, -0.05) is 0 Å². The highest BCUT2D eigenvalue weighted by Crippen LogP contribution is 2.30. The van der Waals surface area contributed by atoms with Gasteiger partial charge in [-0.15, -0.1) is 0 Å². The quantitative estimate of drug-likeness (QED) is 0.912. The minimum atomic E-state index is -0.110. The van der Waals surface area contributed by atoms with Gasteiger partial charge in [-0.3, -0.25) is 0 Å². The molecule has 5 nitrogen and oxygen atoms in total. The van der Waals surface area contributed by atoms with E-state index in [1.807, 2.05) is 18.2 Å². The third kappa shape index (κ3) is 3.15. The summed E-state index contributed by atoms with van der Waals surface area (Å²) in [6, 6.07) is 5.54. The Balaban J connectivity index is 1.62. The second-order valence-corrected chi connectivity index (χ2v) is 6.04. The van der Waals surface area contributed by atoms with E-state index in [1.54, 1.807) is 18.2 Å². The Labute approximate surface area is 131 Å². The zero-order valence-corrected chi connectivity index (χ0v) is 13.4. The molecular weight excluding hydrogens is 336 g/mol. The van der Waals surface area contributed by atoms with Gasteiger partial charge in [0.15, 0.2) is 4.67 Å². The predicted molar refractivity (Wildman–Crippen MR) is 80.8 cm³/mol. The Morgan fingerprint density at radius 1 is 1.48 bits per heavy atom. The van der Waals surface area contributed by atoms with Crippen molar-refractivity contribution in [2.45, 2.75) is 31.8 Å². The van der Waals surface area contributed by atoms with Gasteiger partial charge in [0.25, 0.3) is 0 Å². The van der Waals surface area contributed by atoms with Crippen molar-refractivity contribution in [1.82, 2.24) is 10.2 Å². The minimum Gasteiger partial charge on any atom is -0.469 e. The lowest BCUT2D eigenvalue weighted by atomic mass is 9.93. The molecule has 0 aliphatic heterocycles. The number of aryl methyl sites for hydroxylation is 1. The molecule has 3 rings (SSSR count). The number of carbonyl (C=O) groups is 1. The van der Waals surface area contributed by atoms with Gasteiger partial charge in [0, 0.05) is 19.0 Å². The molecule has 112 valence electrons. The van der Waals surface area contributed by atoms with Gasteiger partial charge in [-0.05, 0) is 47.0 Å². The fourth-order valence-electron chi connectivity index (χ4n) is 2.64. The maximum Gasteiger partial charge on any atom is 0.318 e. The number of hydrogen-bond acceptors (Lipinski definition) is 3. The van der Waals surface area contributed by atoms with E-state index in [1.165, 1.54) is 0 Å². The summed E-state index contributed by atoms with van der Waals surface area (Å²) < 4.78 is 11.5. The molecule has 0 saturated carbocycles. The van der Waals surface area contributed by atoms with E-state index in [0.29, 0.717) is 11.2 Å². The highest BCUT2D eigenvalue weighted by Gasteiger charge is 2.25. The van der Waals surface area contributed by atoms with Gasteiger partial charge in [0.05, 0.1) is 18.8 Å². The van der Waals surface area contributed by atoms with Crippen LogP contribution in [-0.4, -0.2) is 18.0 Å². The maximum atomic E-state index is 12.3.